The zero-order chi connectivity index (χ0) is 0. The molecule has 0 heterocycles. The van der Waals surface area contributed by atoms with Gasteiger partial charge >= 0.3 is 0 Å². The molecule has 0 amide bonds. The second kappa shape index (κ2) is 19.6. The maximum Gasteiger partial charge on any atom is 0 e. The first-order valence-corrected chi connectivity index (χ1v) is 0. The second-order valence-corrected chi connectivity index (χ2v) is 0. The molecule has 0 N–H and O–H groups in total. The van der Waals surface area contributed by atoms with Gasteiger partial charge in [-0.15, -0.1) is 0 Å². The van der Waals surface area contributed by atoms with Gasteiger partial charge in [-0.1, -0.05) is 0 Å². The van der Waals surface area contributed by atoms with E-state index < -0.39 is 0 Å². The molecule has 0 aromatic carbocycles. The van der Waals surface area contributed by atoms with E-state index in [4.69, 9.17) is 0 Å². The molecule has 31 valence electrons. The van der Waals surface area contributed by atoms with Gasteiger partial charge in [-0.05, 0) is 0 Å². The summed E-state index contributed by atoms with van der Waals surface area (Å²) < 4.78 is 0. The maximum absolute atomic E-state index is 0. The molecule has 0 atom stereocenters. The van der Waals surface area contributed by atoms with E-state index in [1.807, 2.05) is 0 Å². The van der Waals surface area contributed by atoms with Crippen molar-refractivity contribution in [3.8, 4) is 0 Å². The summed E-state index contributed by atoms with van der Waals surface area (Å²) >= 11 is 0. The minimum absolute atomic E-state index is 0. The van der Waals surface area contributed by atoms with Crippen LogP contribution in [-0.4, -0.2) is 0 Å². The molecule has 1 radical (unpaired) electrons. The van der Waals surface area contributed by atoms with Crippen molar-refractivity contribution >= 4 is 0 Å². The Labute approximate surface area is 67.8 Å². The zero-order valence-electron chi connectivity index (χ0n) is 1.44. The van der Waals surface area contributed by atoms with E-state index in [0.29, 0.717) is 0 Å². The van der Waals surface area contributed by atoms with E-state index >= 15 is 0 Å². The van der Waals surface area contributed by atoms with Crippen molar-refractivity contribution in [1.29, 1.82) is 0 Å². The van der Waals surface area contributed by atoms with Crippen LogP contribution in [0.25, 0.3) is 0 Å². The standard InChI is InChI=1S/3Fe.Mn. The second-order valence-electron chi connectivity index (χ2n) is 0. The van der Waals surface area contributed by atoms with Crippen molar-refractivity contribution in [2.24, 2.45) is 0 Å². The Bertz CT molecular complexity index is 3.25. The van der Waals surface area contributed by atoms with Crippen LogP contribution in [0.15, 0.2) is 0 Å². The van der Waals surface area contributed by atoms with Crippen molar-refractivity contribution in [3.63, 3.8) is 0 Å². The number of hydrogen-bond donors (Lipinski definition) is 0. The molecule has 0 rings (SSSR count). The average molecular weight is 222 g/mol. The maximum atomic E-state index is 0. The van der Waals surface area contributed by atoms with Crippen molar-refractivity contribution < 1.29 is 68.3 Å². The first-order chi connectivity index (χ1) is 0. The fourth-order valence-electron chi connectivity index (χ4n) is 0. The number of rotatable bonds is 0. The van der Waals surface area contributed by atoms with E-state index in [0.717, 1.165) is 0 Å². The number of hydrogen-bond acceptors (Lipinski definition) is 0. The molecule has 4 heteroatoms. The molecular formula is Fe3Mn. The quantitative estimate of drug-likeness (QED) is 0.506. The summed E-state index contributed by atoms with van der Waals surface area (Å²) in [6.45, 7) is 0. The van der Waals surface area contributed by atoms with Gasteiger partial charge in [-0.25, -0.2) is 0 Å². The Kier molecular flexibility index (Phi) is 177. The first-order valence-electron chi connectivity index (χ1n) is 0. The normalized spacial score (nSPS) is 0. The van der Waals surface area contributed by atoms with Crippen LogP contribution in [0.2, 0.25) is 0 Å². The predicted molar refractivity (Wildman–Crippen MR) is 0 cm³/mol. The van der Waals surface area contributed by atoms with E-state index in [2.05, 4.69) is 0 Å². The van der Waals surface area contributed by atoms with Crippen LogP contribution in [-0.2, 0) is 68.3 Å². The molecule has 0 aliphatic heterocycles. The van der Waals surface area contributed by atoms with Crippen LogP contribution in [0.3, 0.4) is 0 Å². The first kappa shape index (κ1) is 36.3. The third-order valence-electron chi connectivity index (χ3n) is 0. The molecular weight excluding hydrogens is 222 g/mol. The van der Waals surface area contributed by atoms with Crippen molar-refractivity contribution in [2.75, 3.05) is 0 Å². The van der Waals surface area contributed by atoms with E-state index in [9.17, 15) is 0 Å². The largest absolute Gasteiger partial charge is 0 e. The van der Waals surface area contributed by atoms with Gasteiger partial charge in [0.1, 0.15) is 0 Å². The van der Waals surface area contributed by atoms with E-state index in [1.54, 1.807) is 0 Å². The minimum atomic E-state index is 0. The van der Waals surface area contributed by atoms with Gasteiger partial charge in [-0.2, -0.15) is 0 Å². The third-order valence-corrected chi connectivity index (χ3v) is 0. The van der Waals surface area contributed by atoms with Crippen LogP contribution in [0.5, 0.6) is 0 Å². The average Bonchev–Trinajstić information content (AvgIpc) is 0. The van der Waals surface area contributed by atoms with Crippen LogP contribution in [0.1, 0.15) is 0 Å². The molecule has 4 heavy (non-hydrogen) atoms. The van der Waals surface area contributed by atoms with Gasteiger partial charge in [0, 0.05) is 68.3 Å². The summed E-state index contributed by atoms with van der Waals surface area (Å²) in [5, 5.41) is 0. The summed E-state index contributed by atoms with van der Waals surface area (Å²) in [6.07, 6.45) is 0. The summed E-state index contributed by atoms with van der Waals surface area (Å²) in [6, 6.07) is 0. The van der Waals surface area contributed by atoms with Gasteiger partial charge in [0.05, 0.1) is 0 Å². The fourth-order valence-corrected chi connectivity index (χ4v) is 0. The van der Waals surface area contributed by atoms with Crippen molar-refractivity contribution in [3.05, 3.63) is 0 Å². The molecule has 0 aromatic rings. The van der Waals surface area contributed by atoms with Gasteiger partial charge < -0.3 is 0 Å². The summed E-state index contributed by atoms with van der Waals surface area (Å²) in [4.78, 5) is 0. The van der Waals surface area contributed by atoms with Gasteiger partial charge in [0.2, 0.25) is 0 Å². The minimum Gasteiger partial charge on any atom is 0 e. The van der Waals surface area contributed by atoms with Crippen molar-refractivity contribution in [1.82, 2.24) is 0 Å². The molecule has 0 saturated heterocycles. The topological polar surface area (TPSA) is 0 Å². The van der Waals surface area contributed by atoms with E-state index in [-0.39, 0.29) is 68.3 Å². The van der Waals surface area contributed by atoms with E-state index in [1.165, 1.54) is 0 Å². The molecule has 0 bridgehead atoms. The van der Waals surface area contributed by atoms with Crippen LogP contribution >= 0.6 is 0 Å². The molecule has 0 unspecified atom stereocenters. The molecule has 0 aliphatic carbocycles. The van der Waals surface area contributed by atoms with Crippen molar-refractivity contribution in [2.45, 2.75) is 0 Å². The Morgan fingerprint density at radius 2 is 0.500 bits per heavy atom. The SMILES string of the molecule is [Fe].[Fe].[Fe].[Mn]. The molecule has 0 aromatic heterocycles. The Morgan fingerprint density at radius 3 is 0.500 bits per heavy atom. The summed E-state index contributed by atoms with van der Waals surface area (Å²) in [5.41, 5.74) is 0. The van der Waals surface area contributed by atoms with Crippen LogP contribution in [0, 0.1) is 0 Å². The summed E-state index contributed by atoms with van der Waals surface area (Å²) in [7, 11) is 0. The predicted octanol–water partition coefficient (Wildman–Crippen LogP) is -0.0100. The monoisotopic (exact) mass is 223 g/mol. The molecule has 0 aliphatic rings. The third kappa shape index (κ3) is 8.95. The molecule has 0 nitrogen and oxygen atoms in total. The van der Waals surface area contributed by atoms with Crippen LogP contribution < -0.4 is 0 Å². The molecule has 0 spiro atoms. The van der Waals surface area contributed by atoms with Crippen LogP contribution in [0.4, 0.5) is 0 Å². The summed E-state index contributed by atoms with van der Waals surface area (Å²) in [5.74, 6) is 0. The Balaban J connectivity index is 0. The zero-order valence-corrected chi connectivity index (χ0v) is 5.93. The Hall–Kier alpha value is 2.08. The molecule has 0 saturated carbocycles. The molecule has 0 fully saturated rings. The fraction of sp³-hybridized carbons (Fsp3) is 0. The smallest absolute Gasteiger partial charge is 0 e. The van der Waals surface area contributed by atoms with Gasteiger partial charge in [0.15, 0.2) is 0 Å². The van der Waals surface area contributed by atoms with Gasteiger partial charge in [-0.3, -0.25) is 0 Å². The Morgan fingerprint density at radius 1 is 0.500 bits per heavy atom. The van der Waals surface area contributed by atoms with Gasteiger partial charge in [0.25, 0.3) is 0 Å².